The molecule has 0 N–H and O–H groups in total. The fourth-order valence-corrected chi connectivity index (χ4v) is 4.02. The van der Waals surface area contributed by atoms with Crippen LogP contribution in [0.5, 0.6) is 17.2 Å². The monoisotopic (exact) mass is 440 g/mol. The maximum absolute atomic E-state index is 12.9. The highest BCUT2D eigenvalue weighted by Gasteiger charge is 2.32. The van der Waals surface area contributed by atoms with Crippen molar-refractivity contribution >= 4 is 34.6 Å². The second-order valence-electron chi connectivity index (χ2n) is 7.00. The SMILES string of the molecule is CC[C@@H](C)Oc1ccc(/C=C2/SC(=Nc3ccc(OC)cc3)N(CC)C2=O)cc1OC. The largest absolute Gasteiger partial charge is 0.497 e. The smallest absolute Gasteiger partial charge is 0.266 e. The number of likely N-dealkylation sites (N-methyl/N-ethyl adjacent to an activating group) is 1. The number of hydrogen-bond donors (Lipinski definition) is 0. The summed E-state index contributed by atoms with van der Waals surface area (Å²) in [5.74, 6) is 2.05. The summed E-state index contributed by atoms with van der Waals surface area (Å²) in [6.07, 6.45) is 2.87. The molecule has 1 aliphatic heterocycles. The summed E-state index contributed by atoms with van der Waals surface area (Å²) in [6.45, 7) is 6.58. The Labute approximate surface area is 187 Å². The number of benzene rings is 2. The normalized spacial score (nSPS) is 17.3. The number of aliphatic imine (C=N–C) groups is 1. The molecule has 1 amide bonds. The van der Waals surface area contributed by atoms with E-state index in [0.717, 1.165) is 23.4 Å². The minimum atomic E-state index is -0.0568. The lowest BCUT2D eigenvalue weighted by atomic mass is 10.1. The maximum Gasteiger partial charge on any atom is 0.266 e. The first-order valence-electron chi connectivity index (χ1n) is 10.3. The molecular formula is C24H28N2O4S. The molecule has 0 unspecified atom stereocenters. The van der Waals surface area contributed by atoms with Gasteiger partial charge in [-0.3, -0.25) is 9.69 Å². The minimum Gasteiger partial charge on any atom is -0.497 e. The fourth-order valence-electron chi connectivity index (χ4n) is 2.96. The predicted octanol–water partition coefficient (Wildman–Crippen LogP) is 5.51. The van der Waals surface area contributed by atoms with Crippen LogP contribution in [0, 0.1) is 0 Å². The first-order valence-corrected chi connectivity index (χ1v) is 11.1. The van der Waals surface area contributed by atoms with Gasteiger partial charge in [0.2, 0.25) is 0 Å². The summed E-state index contributed by atoms with van der Waals surface area (Å²) in [7, 11) is 3.24. The van der Waals surface area contributed by atoms with Gasteiger partial charge in [0, 0.05) is 6.54 Å². The number of rotatable bonds is 8. The summed E-state index contributed by atoms with van der Waals surface area (Å²) in [6, 6.07) is 13.1. The molecule has 1 aliphatic rings. The first-order chi connectivity index (χ1) is 15.0. The van der Waals surface area contributed by atoms with E-state index in [2.05, 4.69) is 11.9 Å². The highest BCUT2D eigenvalue weighted by atomic mass is 32.2. The van der Waals surface area contributed by atoms with E-state index in [1.165, 1.54) is 11.8 Å². The van der Waals surface area contributed by atoms with E-state index in [4.69, 9.17) is 14.2 Å². The number of amidine groups is 1. The number of carbonyl (C=O) groups is 1. The van der Waals surface area contributed by atoms with Crippen LogP contribution in [-0.4, -0.2) is 42.8 Å². The number of carbonyl (C=O) groups excluding carboxylic acids is 1. The van der Waals surface area contributed by atoms with Crippen LogP contribution in [0.2, 0.25) is 0 Å². The van der Waals surface area contributed by atoms with Crippen molar-refractivity contribution < 1.29 is 19.0 Å². The molecule has 3 rings (SSSR count). The van der Waals surface area contributed by atoms with E-state index in [-0.39, 0.29) is 12.0 Å². The number of ether oxygens (including phenoxy) is 3. The second kappa shape index (κ2) is 10.4. The third-order valence-corrected chi connectivity index (χ3v) is 5.90. The van der Waals surface area contributed by atoms with Gasteiger partial charge < -0.3 is 14.2 Å². The average Bonchev–Trinajstić information content (AvgIpc) is 3.08. The number of hydrogen-bond acceptors (Lipinski definition) is 6. The Hall–Kier alpha value is -2.93. The molecule has 31 heavy (non-hydrogen) atoms. The van der Waals surface area contributed by atoms with Crippen LogP contribution in [0.15, 0.2) is 52.4 Å². The zero-order valence-corrected chi connectivity index (χ0v) is 19.4. The Morgan fingerprint density at radius 3 is 2.42 bits per heavy atom. The summed E-state index contributed by atoms with van der Waals surface area (Å²) >= 11 is 1.37. The molecule has 1 atom stereocenters. The molecule has 6 nitrogen and oxygen atoms in total. The van der Waals surface area contributed by atoms with E-state index in [1.807, 2.05) is 62.4 Å². The Balaban J connectivity index is 1.86. The standard InChI is InChI=1S/C24H28N2O4S/c1-6-16(3)30-20-13-8-17(14-21(20)29-5)15-22-23(27)26(7-2)24(31-22)25-18-9-11-19(28-4)12-10-18/h8-16H,6-7H2,1-5H3/b22-15+,25-24?/t16-/m1/s1. The topological polar surface area (TPSA) is 60.4 Å². The molecule has 0 spiro atoms. The molecule has 1 fully saturated rings. The van der Waals surface area contributed by atoms with Crippen molar-refractivity contribution in [1.29, 1.82) is 0 Å². The molecule has 1 heterocycles. The van der Waals surface area contributed by atoms with E-state index in [0.29, 0.717) is 28.1 Å². The Bertz CT molecular complexity index is 986. The summed E-state index contributed by atoms with van der Waals surface area (Å²) in [5, 5.41) is 0.660. The van der Waals surface area contributed by atoms with Gasteiger partial charge in [-0.1, -0.05) is 13.0 Å². The Morgan fingerprint density at radius 2 is 1.81 bits per heavy atom. The average molecular weight is 441 g/mol. The van der Waals surface area contributed by atoms with Gasteiger partial charge in [-0.25, -0.2) is 4.99 Å². The summed E-state index contributed by atoms with van der Waals surface area (Å²) < 4.78 is 16.6. The van der Waals surface area contributed by atoms with Crippen molar-refractivity contribution in [3.05, 3.63) is 52.9 Å². The van der Waals surface area contributed by atoms with Crippen LogP contribution in [0.25, 0.3) is 6.08 Å². The number of thioether (sulfide) groups is 1. The number of amides is 1. The molecule has 7 heteroatoms. The van der Waals surface area contributed by atoms with Crippen molar-refractivity contribution in [1.82, 2.24) is 4.90 Å². The zero-order chi connectivity index (χ0) is 22.4. The van der Waals surface area contributed by atoms with E-state index < -0.39 is 0 Å². The van der Waals surface area contributed by atoms with E-state index in [1.54, 1.807) is 19.1 Å². The lowest BCUT2D eigenvalue weighted by molar-refractivity contribution is -0.122. The van der Waals surface area contributed by atoms with E-state index in [9.17, 15) is 4.79 Å². The zero-order valence-electron chi connectivity index (χ0n) is 18.5. The van der Waals surface area contributed by atoms with Gasteiger partial charge in [-0.05, 0) is 80.1 Å². The van der Waals surface area contributed by atoms with Gasteiger partial charge in [-0.2, -0.15) is 0 Å². The van der Waals surface area contributed by atoms with Gasteiger partial charge in [0.1, 0.15) is 5.75 Å². The van der Waals surface area contributed by atoms with Gasteiger partial charge in [0.05, 0.1) is 30.9 Å². The van der Waals surface area contributed by atoms with Crippen LogP contribution in [-0.2, 0) is 4.79 Å². The van der Waals surface area contributed by atoms with Crippen molar-refractivity contribution in [3.63, 3.8) is 0 Å². The first kappa shape index (κ1) is 22.7. The molecule has 0 saturated carbocycles. The number of methoxy groups -OCH3 is 2. The van der Waals surface area contributed by atoms with Crippen LogP contribution in [0.3, 0.4) is 0 Å². The third-order valence-electron chi connectivity index (χ3n) is 4.89. The minimum absolute atomic E-state index is 0.0568. The number of nitrogens with zero attached hydrogens (tertiary/aromatic N) is 2. The van der Waals surface area contributed by atoms with Gasteiger partial charge in [0.15, 0.2) is 16.7 Å². The molecule has 1 saturated heterocycles. The lowest BCUT2D eigenvalue weighted by Gasteiger charge is -2.15. The molecule has 0 aliphatic carbocycles. The van der Waals surface area contributed by atoms with Crippen LogP contribution >= 0.6 is 11.8 Å². The van der Waals surface area contributed by atoms with Crippen LogP contribution in [0.1, 0.15) is 32.8 Å². The van der Waals surface area contributed by atoms with E-state index >= 15 is 0 Å². The van der Waals surface area contributed by atoms with Crippen molar-refractivity contribution in [3.8, 4) is 17.2 Å². The Kier molecular flexibility index (Phi) is 7.63. The van der Waals surface area contributed by atoms with Crippen LogP contribution < -0.4 is 14.2 Å². The van der Waals surface area contributed by atoms with Gasteiger partial charge >= 0.3 is 0 Å². The predicted molar refractivity (Wildman–Crippen MR) is 126 cm³/mol. The lowest BCUT2D eigenvalue weighted by Crippen LogP contribution is -2.28. The quantitative estimate of drug-likeness (QED) is 0.507. The molecule has 2 aromatic carbocycles. The van der Waals surface area contributed by atoms with Crippen molar-refractivity contribution in [2.24, 2.45) is 4.99 Å². The summed E-state index contributed by atoms with van der Waals surface area (Å²) in [4.78, 5) is 19.9. The third kappa shape index (κ3) is 5.41. The highest BCUT2D eigenvalue weighted by molar-refractivity contribution is 8.18. The Morgan fingerprint density at radius 1 is 1.06 bits per heavy atom. The molecule has 0 bridgehead atoms. The summed E-state index contributed by atoms with van der Waals surface area (Å²) in [5.41, 5.74) is 1.63. The van der Waals surface area contributed by atoms with Crippen LogP contribution in [0.4, 0.5) is 5.69 Å². The maximum atomic E-state index is 12.9. The molecule has 0 aromatic heterocycles. The molecule has 2 aromatic rings. The molecule has 164 valence electrons. The highest BCUT2D eigenvalue weighted by Crippen LogP contribution is 2.36. The van der Waals surface area contributed by atoms with Crippen molar-refractivity contribution in [2.75, 3.05) is 20.8 Å². The molecule has 0 radical (unpaired) electrons. The van der Waals surface area contributed by atoms with Crippen molar-refractivity contribution in [2.45, 2.75) is 33.3 Å². The molecular weight excluding hydrogens is 412 g/mol. The fraction of sp³-hybridized carbons (Fsp3) is 0.333. The second-order valence-corrected chi connectivity index (χ2v) is 8.01. The van der Waals surface area contributed by atoms with Gasteiger partial charge in [-0.15, -0.1) is 0 Å². The van der Waals surface area contributed by atoms with Gasteiger partial charge in [0.25, 0.3) is 5.91 Å².